The maximum atomic E-state index is 5.57. The van der Waals surface area contributed by atoms with E-state index < -0.39 is 0 Å². The molecule has 3 heteroatoms. The Bertz CT molecular complexity index is 122. The van der Waals surface area contributed by atoms with Gasteiger partial charge in [-0.25, -0.2) is 0 Å². The molecule has 3 nitrogen and oxygen atoms in total. The Morgan fingerprint density at radius 3 is 2.21 bits per heavy atom. The smallest absolute Gasteiger partial charge is 0.0705 e. The van der Waals surface area contributed by atoms with Gasteiger partial charge < -0.3 is 15.4 Å². The van der Waals surface area contributed by atoms with Gasteiger partial charge in [0.2, 0.25) is 0 Å². The Balaban J connectivity index is 3.75. The zero-order valence-electron chi connectivity index (χ0n) is 10.1. The van der Waals surface area contributed by atoms with Crippen molar-refractivity contribution >= 4 is 0 Å². The number of hydrogen-bond donors (Lipinski definition) is 1. The fourth-order valence-corrected chi connectivity index (χ4v) is 1.77. The Hall–Kier alpha value is -0.120. The second kappa shape index (κ2) is 8.21. The van der Waals surface area contributed by atoms with E-state index in [1.807, 2.05) is 0 Å². The number of hydrogen-bond acceptors (Lipinski definition) is 3. The van der Waals surface area contributed by atoms with E-state index in [1.165, 1.54) is 12.8 Å². The summed E-state index contributed by atoms with van der Waals surface area (Å²) >= 11 is 0. The van der Waals surface area contributed by atoms with Crippen molar-refractivity contribution < 1.29 is 4.74 Å². The van der Waals surface area contributed by atoms with Gasteiger partial charge in [-0.3, -0.25) is 0 Å². The van der Waals surface area contributed by atoms with Crippen molar-refractivity contribution in [3.63, 3.8) is 0 Å². The molecule has 0 bridgehead atoms. The van der Waals surface area contributed by atoms with Crippen LogP contribution in [0.4, 0.5) is 0 Å². The first-order valence-corrected chi connectivity index (χ1v) is 5.62. The van der Waals surface area contributed by atoms with Crippen LogP contribution in [0, 0.1) is 0 Å². The summed E-state index contributed by atoms with van der Waals surface area (Å²) in [6.45, 7) is 6.16. The lowest BCUT2D eigenvalue weighted by Gasteiger charge is -2.27. The summed E-state index contributed by atoms with van der Waals surface area (Å²) in [7, 11) is 3.91. The number of nitrogens with zero attached hydrogens (tertiary/aromatic N) is 1. The molecule has 0 aliphatic heterocycles. The molecule has 0 radical (unpaired) electrons. The van der Waals surface area contributed by atoms with Gasteiger partial charge in [0.05, 0.1) is 6.10 Å². The van der Waals surface area contributed by atoms with E-state index in [-0.39, 0.29) is 6.10 Å². The summed E-state index contributed by atoms with van der Waals surface area (Å²) in [6.07, 6.45) is 3.67. The minimum absolute atomic E-state index is 0.215. The Morgan fingerprint density at radius 1 is 1.29 bits per heavy atom. The second-order valence-electron chi connectivity index (χ2n) is 3.83. The molecule has 0 aliphatic rings. The number of ether oxygens (including phenoxy) is 1. The van der Waals surface area contributed by atoms with Crippen LogP contribution in [0.25, 0.3) is 0 Å². The lowest BCUT2D eigenvalue weighted by atomic mass is 10.1. The van der Waals surface area contributed by atoms with Crippen LogP contribution in [-0.2, 0) is 4.74 Å². The third-order valence-electron chi connectivity index (χ3n) is 2.97. The molecule has 0 aromatic heterocycles. The van der Waals surface area contributed by atoms with Gasteiger partial charge in [-0.15, -0.1) is 0 Å². The van der Waals surface area contributed by atoms with Gasteiger partial charge in [-0.05, 0) is 26.3 Å². The van der Waals surface area contributed by atoms with Crippen LogP contribution >= 0.6 is 0 Å². The number of rotatable bonds is 8. The molecule has 0 amide bonds. The summed E-state index contributed by atoms with van der Waals surface area (Å²) in [6, 6.07) is 0.699. The van der Waals surface area contributed by atoms with E-state index in [9.17, 15) is 0 Å². The Morgan fingerprint density at radius 2 is 1.86 bits per heavy atom. The minimum Gasteiger partial charge on any atom is -0.380 e. The SMILES string of the molecule is CCC(CC)N(C)CCC(CN)OC. The molecule has 0 spiro atoms. The summed E-state index contributed by atoms with van der Waals surface area (Å²) in [5, 5.41) is 0. The van der Waals surface area contributed by atoms with Crippen molar-refractivity contribution in [3.8, 4) is 0 Å². The van der Waals surface area contributed by atoms with Crippen molar-refractivity contribution in [2.45, 2.75) is 45.3 Å². The largest absolute Gasteiger partial charge is 0.380 e. The lowest BCUT2D eigenvalue weighted by Crippen LogP contribution is -2.35. The predicted molar refractivity (Wildman–Crippen MR) is 61.5 cm³/mol. The molecule has 1 unspecified atom stereocenters. The maximum absolute atomic E-state index is 5.57. The molecule has 0 saturated carbocycles. The first kappa shape index (κ1) is 13.9. The molecule has 86 valence electrons. The highest BCUT2D eigenvalue weighted by Gasteiger charge is 2.12. The third-order valence-corrected chi connectivity index (χ3v) is 2.97. The molecule has 0 saturated heterocycles. The standard InChI is InChI=1S/C11H26N2O/c1-5-10(6-2)13(3)8-7-11(9-12)14-4/h10-11H,5-9,12H2,1-4H3. The molecule has 1 atom stereocenters. The van der Waals surface area contributed by atoms with Crippen molar-refractivity contribution in [3.05, 3.63) is 0 Å². The zero-order chi connectivity index (χ0) is 11.0. The Labute approximate surface area is 88.6 Å². The predicted octanol–water partition coefficient (Wildman–Crippen LogP) is 1.47. The van der Waals surface area contributed by atoms with Gasteiger partial charge in [0, 0.05) is 26.2 Å². The van der Waals surface area contributed by atoms with Crippen LogP contribution in [0.3, 0.4) is 0 Å². The summed E-state index contributed by atoms with van der Waals surface area (Å²) < 4.78 is 5.25. The number of methoxy groups -OCH3 is 1. The van der Waals surface area contributed by atoms with Crippen LogP contribution in [0.2, 0.25) is 0 Å². The highest BCUT2D eigenvalue weighted by atomic mass is 16.5. The molecule has 2 N–H and O–H groups in total. The van der Waals surface area contributed by atoms with Crippen LogP contribution in [-0.4, -0.2) is 44.3 Å². The van der Waals surface area contributed by atoms with Crippen LogP contribution < -0.4 is 5.73 Å². The third kappa shape index (κ3) is 4.94. The normalized spacial score (nSPS) is 13.9. The lowest BCUT2D eigenvalue weighted by molar-refractivity contribution is 0.0862. The van der Waals surface area contributed by atoms with Crippen molar-refractivity contribution in [2.24, 2.45) is 5.73 Å². The van der Waals surface area contributed by atoms with E-state index in [1.54, 1.807) is 7.11 Å². The topological polar surface area (TPSA) is 38.5 Å². The quantitative estimate of drug-likeness (QED) is 0.648. The zero-order valence-corrected chi connectivity index (χ0v) is 10.1. The molecule has 0 aromatic rings. The van der Waals surface area contributed by atoms with Crippen molar-refractivity contribution in [2.75, 3.05) is 27.2 Å². The summed E-state index contributed by atoms with van der Waals surface area (Å²) in [5.74, 6) is 0. The van der Waals surface area contributed by atoms with E-state index >= 15 is 0 Å². The highest BCUT2D eigenvalue weighted by molar-refractivity contribution is 4.68. The van der Waals surface area contributed by atoms with E-state index in [0.717, 1.165) is 13.0 Å². The van der Waals surface area contributed by atoms with Gasteiger partial charge in [-0.1, -0.05) is 13.8 Å². The van der Waals surface area contributed by atoms with Crippen LogP contribution in [0.1, 0.15) is 33.1 Å². The van der Waals surface area contributed by atoms with Gasteiger partial charge in [0.1, 0.15) is 0 Å². The average molecular weight is 202 g/mol. The van der Waals surface area contributed by atoms with E-state index in [0.29, 0.717) is 12.6 Å². The molecular formula is C11H26N2O. The molecule has 0 aliphatic carbocycles. The van der Waals surface area contributed by atoms with Crippen LogP contribution in [0.5, 0.6) is 0 Å². The first-order chi connectivity index (χ1) is 6.69. The maximum Gasteiger partial charge on any atom is 0.0705 e. The van der Waals surface area contributed by atoms with Gasteiger partial charge in [-0.2, -0.15) is 0 Å². The Kier molecular flexibility index (Phi) is 8.14. The molecule has 0 fully saturated rings. The fourth-order valence-electron chi connectivity index (χ4n) is 1.77. The molecule has 0 rings (SSSR count). The van der Waals surface area contributed by atoms with Crippen molar-refractivity contribution in [1.29, 1.82) is 0 Å². The molecular weight excluding hydrogens is 176 g/mol. The first-order valence-electron chi connectivity index (χ1n) is 5.62. The molecule has 0 aromatic carbocycles. The van der Waals surface area contributed by atoms with E-state index in [2.05, 4.69) is 25.8 Å². The second-order valence-corrected chi connectivity index (χ2v) is 3.83. The number of nitrogens with two attached hydrogens (primary N) is 1. The van der Waals surface area contributed by atoms with E-state index in [4.69, 9.17) is 10.5 Å². The van der Waals surface area contributed by atoms with Gasteiger partial charge in [0.25, 0.3) is 0 Å². The summed E-state index contributed by atoms with van der Waals surface area (Å²) in [5.41, 5.74) is 5.57. The average Bonchev–Trinajstić information content (AvgIpc) is 2.21. The van der Waals surface area contributed by atoms with Crippen LogP contribution in [0.15, 0.2) is 0 Å². The monoisotopic (exact) mass is 202 g/mol. The fraction of sp³-hybridized carbons (Fsp3) is 1.00. The molecule has 14 heavy (non-hydrogen) atoms. The highest BCUT2D eigenvalue weighted by Crippen LogP contribution is 2.07. The van der Waals surface area contributed by atoms with Crippen molar-refractivity contribution in [1.82, 2.24) is 4.90 Å². The minimum atomic E-state index is 0.215. The molecule has 0 heterocycles. The summed E-state index contributed by atoms with van der Waals surface area (Å²) in [4.78, 5) is 2.40. The van der Waals surface area contributed by atoms with Gasteiger partial charge >= 0.3 is 0 Å². The van der Waals surface area contributed by atoms with Gasteiger partial charge in [0.15, 0.2) is 0 Å².